The smallest absolute Gasteiger partial charge is 0.271 e. The molecule has 5 nitrogen and oxygen atoms in total. The van der Waals surface area contributed by atoms with Crippen LogP contribution in [-0.4, -0.2) is 47.7 Å². The molecule has 2 aromatic rings. The first kappa shape index (κ1) is 18.5. The first-order valence-corrected chi connectivity index (χ1v) is 8.32. The molecule has 2 N–H and O–H groups in total. The molecule has 0 radical (unpaired) electrons. The average molecular weight is 349 g/mol. The van der Waals surface area contributed by atoms with E-state index in [1.807, 2.05) is 48.3 Å². The Morgan fingerprint density at radius 3 is 2.67 bits per heavy atom. The molecule has 6 heteroatoms. The molecule has 0 aliphatic carbocycles. The summed E-state index contributed by atoms with van der Waals surface area (Å²) in [6.07, 6.45) is 3.38. The number of amides is 1. The molecule has 1 fully saturated rings. The van der Waals surface area contributed by atoms with Gasteiger partial charge in [0.1, 0.15) is 5.69 Å². The first-order chi connectivity index (χ1) is 11.3. The number of halogens is 1. The third kappa shape index (κ3) is 4.36. The fourth-order valence-corrected chi connectivity index (χ4v) is 3.13. The number of aromatic amines is 1. The van der Waals surface area contributed by atoms with Crippen molar-refractivity contribution in [1.82, 2.24) is 20.4 Å². The van der Waals surface area contributed by atoms with Gasteiger partial charge in [-0.3, -0.25) is 9.89 Å². The lowest BCUT2D eigenvalue weighted by atomic mass is 9.93. The molecule has 1 aromatic heterocycles. The maximum atomic E-state index is 12.6. The van der Waals surface area contributed by atoms with Gasteiger partial charge >= 0.3 is 0 Å². The molecule has 3 rings (SSSR count). The topological polar surface area (TPSA) is 61.0 Å². The normalized spacial score (nSPS) is 15.1. The third-order valence-corrected chi connectivity index (χ3v) is 4.58. The van der Waals surface area contributed by atoms with Crippen molar-refractivity contribution in [2.24, 2.45) is 5.92 Å². The highest BCUT2D eigenvalue weighted by Gasteiger charge is 2.24. The van der Waals surface area contributed by atoms with E-state index in [-0.39, 0.29) is 18.3 Å². The van der Waals surface area contributed by atoms with Crippen LogP contribution in [0.1, 0.15) is 29.8 Å². The van der Waals surface area contributed by atoms with Crippen LogP contribution in [0.5, 0.6) is 0 Å². The lowest BCUT2D eigenvalue weighted by Gasteiger charge is -2.31. The molecule has 0 spiro atoms. The van der Waals surface area contributed by atoms with E-state index in [1.54, 1.807) is 0 Å². The van der Waals surface area contributed by atoms with Gasteiger partial charge < -0.3 is 10.2 Å². The molecule has 2 heterocycles. The Morgan fingerprint density at radius 2 is 2.00 bits per heavy atom. The van der Waals surface area contributed by atoms with Gasteiger partial charge in [-0.05, 0) is 44.8 Å². The standard InChI is InChI=1S/C18H24N4O.ClH/c1-19-10-7-14-8-11-22(12-9-14)18(23)17-13-16(20-21-17)15-5-3-2-4-6-15;/h2-6,13-14,19H,7-12H2,1H3,(H,20,21);1H. The fourth-order valence-electron chi connectivity index (χ4n) is 3.13. The van der Waals surface area contributed by atoms with Crippen LogP contribution in [0.15, 0.2) is 36.4 Å². The van der Waals surface area contributed by atoms with Gasteiger partial charge in [0.2, 0.25) is 0 Å². The summed E-state index contributed by atoms with van der Waals surface area (Å²) < 4.78 is 0. The molecule has 0 atom stereocenters. The van der Waals surface area contributed by atoms with Gasteiger partial charge in [-0.15, -0.1) is 12.4 Å². The monoisotopic (exact) mass is 348 g/mol. The summed E-state index contributed by atoms with van der Waals surface area (Å²) in [6, 6.07) is 11.8. The highest BCUT2D eigenvalue weighted by atomic mass is 35.5. The molecule has 1 aliphatic rings. The van der Waals surface area contributed by atoms with Gasteiger partial charge in [0.15, 0.2) is 0 Å². The second-order valence-electron chi connectivity index (χ2n) is 6.16. The predicted molar refractivity (Wildman–Crippen MR) is 98.4 cm³/mol. The van der Waals surface area contributed by atoms with E-state index in [4.69, 9.17) is 0 Å². The lowest BCUT2D eigenvalue weighted by Crippen LogP contribution is -2.39. The number of nitrogens with zero attached hydrogens (tertiary/aromatic N) is 2. The zero-order chi connectivity index (χ0) is 16.1. The van der Waals surface area contributed by atoms with Crippen molar-refractivity contribution in [2.75, 3.05) is 26.7 Å². The SMILES string of the molecule is CNCCC1CCN(C(=O)c2cc(-c3ccccc3)n[nH]2)CC1.Cl. The zero-order valence-electron chi connectivity index (χ0n) is 14.0. The second kappa shape index (κ2) is 8.85. The highest BCUT2D eigenvalue weighted by Crippen LogP contribution is 2.22. The van der Waals surface area contributed by atoms with Crippen molar-refractivity contribution in [3.63, 3.8) is 0 Å². The molecular weight excluding hydrogens is 324 g/mol. The molecule has 0 bridgehead atoms. The second-order valence-corrected chi connectivity index (χ2v) is 6.16. The van der Waals surface area contributed by atoms with Crippen molar-refractivity contribution in [3.05, 3.63) is 42.1 Å². The number of aromatic nitrogens is 2. The third-order valence-electron chi connectivity index (χ3n) is 4.58. The molecule has 1 aliphatic heterocycles. The maximum absolute atomic E-state index is 12.6. The van der Waals surface area contributed by atoms with E-state index < -0.39 is 0 Å². The molecule has 1 aromatic carbocycles. The predicted octanol–water partition coefficient (Wildman–Crippen LogP) is 2.96. The summed E-state index contributed by atoms with van der Waals surface area (Å²) in [5, 5.41) is 10.4. The zero-order valence-corrected chi connectivity index (χ0v) is 14.8. The summed E-state index contributed by atoms with van der Waals surface area (Å²) in [6.45, 7) is 2.74. The number of piperidine rings is 1. The van der Waals surface area contributed by atoms with Crippen LogP contribution in [0.2, 0.25) is 0 Å². The summed E-state index contributed by atoms with van der Waals surface area (Å²) in [7, 11) is 1.99. The molecular formula is C18H25ClN4O. The summed E-state index contributed by atoms with van der Waals surface area (Å²) in [4.78, 5) is 14.6. The van der Waals surface area contributed by atoms with Crippen LogP contribution in [0.3, 0.4) is 0 Å². The van der Waals surface area contributed by atoms with E-state index in [1.165, 1.54) is 6.42 Å². The Hall–Kier alpha value is -1.85. The minimum absolute atomic E-state index is 0. The van der Waals surface area contributed by atoms with Crippen LogP contribution >= 0.6 is 12.4 Å². The van der Waals surface area contributed by atoms with Gasteiger partial charge in [0.05, 0.1) is 5.69 Å². The number of H-pyrrole nitrogens is 1. The Morgan fingerprint density at radius 1 is 1.29 bits per heavy atom. The Balaban J connectivity index is 0.00000208. The molecule has 24 heavy (non-hydrogen) atoms. The van der Waals surface area contributed by atoms with E-state index in [2.05, 4.69) is 15.5 Å². The van der Waals surface area contributed by atoms with E-state index >= 15 is 0 Å². The van der Waals surface area contributed by atoms with Crippen LogP contribution in [0, 0.1) is 5.92 Å². The van der Waals surface area contributed by atoms with Crippen LogP contribution in [-0.2, 0) is 0 Å². The Kier molecular flexibility index (Phi) is 6.82. The number of carbonyl (C=O) groups is 1. The van der Waals surface area contributed by atoms with Crippen molar-refractivity contribution in [1.29, 1.82) is 0 Å². The minimum atomic E-state index is 0. The number of nitrogens with one attached hydrogen (secondary N) is 2. The van der Waals surface area contributed by atoms with Gasteiger partial charge in [-0.2, -0.15) is 5.10 Å². The van der Waals surface area contributed by atoms with E-state index in [0.29, 0.717) is 5.69 Å². The lowest BCUT2D eigenvalue weighted by molar-refractivity contribution is 0.0681. The quantitative estimate of drug-likeness (QED) is 0.873. The van der Waals surface area contributed by atoms with Gasteiger partial charge in [0, 0.05) is 18.7 Å². The largest absolute Gasteiger partial charge is 0.337 e. The van der Waals surface area contributed by atoms with Crippen LogP contribution < -0.4 is 5.32 Å². The van der Waals surface area contributed by atoms with Crippen molar-refractivity contribution >= 4 is 18.3 Å². The molecule has 0 unspecified atom stereocenters. The van der Waals surface area contributed by atoms with Crippen molar-refractivity contribution in [3.8, 4) is 11.3 Å². The van der Waals surface area contributed by atoms with Crippen LogP contribution in [0.25, 0.3) is 11.3 Å². The maximum Gasteiger partial charge on any atom is 0.271 e. The number of hydrogen-bond acceptors (Lipinski definition) is 3. The van der Waals surface area contributed by atoms with E-state index in [0.717, 1.165) is 49.7 Å². The minimum Gasteiger partial charge on any atom is -0.337 e. The number of carbonyl (C=O) groups excluding carboxylic acids is 1. The van der Waals surface area contributed by atoms with Gasteiger partial charge in [-0.1, -0.05) is 30.3 Å². The first-order valence-electron chi connectivity index (χ1n) is 8.32. The molecule has 1 saturated heterocycles. The number of hydrogen-bond donors (Lipinski definition) is 2. The summed E-state index contributed by atoms with van der Waals surface area (Å²) in [5.74, 6) is 0.792. The average Bonchev–Trinajstić information content (AvgIpc) is 3.11. The Bertz CT molecular complexity index is 635. The van der Waals surface area contributed by atoms with Crippen LogP contribution in [0.4, 0.5) is 0 Å². The number of benzene rings is 1. The number of rotatable bonds is 5. The highest BCUT2D eigenvalue weighted by molar-refractivity contribution is 5.93. The van der Waals surface area contributed by atoms with Gasteiger partial charge in [0.25, 0.3) is 5.91 Å². The number of likely N-dealkylation sites (tertiary alicyclic amines) is 1. The summed E-state index contributed by atoms with van der Waals surface area (Å²) in [5.41, 5.74) is 2.42. The van der Waals surface area contributed by atoms with E-state index in [9.17, 15) is 4.79 Å². The molecule has 1 amide bonds. The fraction of sp³-hybridized carbons (Fsp3) is 0.444. The molecule has 130 valence electrons. The summed E-state index contributed by atoms with van der Waals surface area (Å²) >= 11 is 0. The van der Waals surface area contributed by atoms with Crippen molar-refractivity contribution < 1.29 is 4.79 Å². The van der Waals surface area contributed by atoms with Crippen molar-refractivity contribution in [2.45, 2.75) is 19.3 Å². The van der Waals surface area contributed by atoms with Gasteiger partial charge in [-0.25, -0.2) is 0 Å². The molecule has 0 saturated carbocycles. The Labute approximate surface area is 149 Å².